The average Bonchev–Trinajstić information content (AvgIpc) is 3.14. The number of hydrogen-bond acceptors (Lipinski definition) is 4. The molecule has 1 aliphatic rings. The molecular formula is C22H24N4O3. The zero-order valence-corrected chi connectivity index (χ0v) is 16.4. The molecule has 0 unspecified atom stereocenters. The highest BCUT2D eigenvalue weighted by Gasteiger charge is 2.28. The van der Waals surface area contributed by atoms with Crippen LogP contribution in [0.3, 0.4) is 0 Å². The third kappa shape index (κ3) is 4.08. The zero-order chi connectivity index (χ0) is 20.2. The number of methoxy groups -OCH3 is 1. The molecule has 1 aliphatic heterocycles. The van der Waals surface area contributed by atoms with Crippen molar-refractivity contribution in [2.75, 3.05) is 20.2 Å². The van der Waals surface area contributed by atoms with Crippen LogP contribution in [0.2, 0.25) is 0 Å². The van der Waals surface area contributed by atoms with E-state index in [0.717, 1.165) is 30.0 Å². The van der Waals surface area contributed by atoms with Crippen LogP contribution in [0.1, 0.15) is 40.5 Å². The Morgan fingerprint density at radius 3 is 2.45 bits per heavy atom. The first-order valence-electron chi connectivity index (χ1n) is 9.78. The highest BCUT2D eigenvalue weighted by atomic mass is 16.5. The number of aromatic amines is 1. The number of rotatable bonds is 5. The summed E-state index contributed by atoms with van der Waals surface area (Å²) in [7, 11) is 1.63. The van der Waals surface area contributed by atoms with E-state index in [1.165, 1.54) is 0 Å². The summed E-state index contributed by atoms with van der Waals surface area (Å²) in [4.78, 5) is 26.8. The Balaban J connectivity index is 1.45. The van der Waals surface area contributed by atoms with Gasteiger partial charge >= 0.3 is 5.69 Å². The largest absolute Gasteiger partial charge is 0.497 e. The molecule has 0 atom stereocenters. The molecule has 4 rings (SSSR count). The van der Waals surface area contributed by atoms with E-state index in [1.54, 1.807) is 11.7 Å². The maximum Gasteiger partial charge on any atom is 0.343 e. The van der Waals surface area contributed by atoms with Crippen LogP contribution in [-0.4, -0.2) is 45.8 Å². The predicted molar refractivity (Wildman–Crippen MR) is 109 cm³/mol. The van der Waals surface area contributed by atoms with E-state index < -0.39 is 0 Å². The number of benzene rings is 2. The minimum atomic E-state index is -0.210. The van der Waals surface area contributed by atoms with Crippen LogP contribution in [0.4, 0.5) is 0 Å². The smallest absolute Gasteiger partial charge is 0.343 e. The number of H-pyrrole nitrogens is 1. The highest BCUT2D eigenvalue weighted by molar-refractivity contribution is 5.94. The number of carbonyl (C=O) groups excluding carboxylic acids is 1. The van der Waals surface area contributed by atoms with E-state index in [-0.39, 0.29) is 17.5 Å². The molecule has 2 aromatic carbocycles. The third-order valence-electron chi connectivity index (χ3n) is 5.46. The van der Waals surface area contributed by atoms with Crippen molar-refractivity contribution in [3.63, 3.8) is 0 Å². The number of piperidine rings is 1. The van der Waals surface area contributed by atoms with Gasteiger partial charge in [-0.05, 0) is 42.7 Å². The van der Waals surface area contributed by atoms with E-state index >= 15 is 0 Å². The lowest BCUT2D eigenvalue weighted by Gasteiger charge is -2.31. The summed E-state index contributed by atoms with van der Waals surface area (Å²) in [6.07, 6.45) is 1.57. The molecule has 0 saturated carbocycles. The fraction of sp³-hybridized carbons (Fsp3) is 0.318. The van der Waals surface area contributed by atoms with Gasteiger partial charge in [0.2, 0.25) is 0 Å². The van der Waals surface area contributed by atoms with Gasteiger partial charge in [-0.15, -0.1) is 0 Å². The van der Waals surface area contributed by atoms with Crippen molar-refractivity contribution in [2.24, 2.45) is 0 Å². The van der Waals surface area contributed by atoms with Gasteiger partial charge in [-0.1, -0.05) is 30.3 Å². The lowest BCUT2D eigenvalue weighted by Crippen LogP contribution is -2.38. The second-order valence-corrected chi connectivity index (χ2v) is 7.25. The average molecular weight is 392 g/mol. The predicted octanol–water partition coefficient (Wildman–Crippen LogP) is 2.65. The monoisotopic (exact) mass is 392 g/mol. The van der Waals surface area contributed by atoms with Gasteiger partial charge in [-0.3, -0.25) is 9.36 Å². The minimum absolute atomic E-state index is 0.0571. The second kappa shape index (κ2) is 8.34. The van der Waals surface area contributed by atoms with Crippen LogP contribution >= 0.6 is 0 Å². The number of nitrogens with zero attached hydrogens (tertiary/aromatic N) is 3. The zero-order valence-electron chi connectivity index (χ0n) is 16.4. The fourth-order valence-corrected chi connectivity index (χ4v) is 3.81. The van der Waals surface area contributed by atoms with Crippen molar-refractivity contribution in [1.29, 1.82) is 0 Å². The summed E-state index contributed by atoms with van der Waals surface area (Å²) in [5.41, 5.74) is 1.51. The molecule has 0 radical (unpaired) electrons. The molecule has 150 valence electrons. The number of hydrogen-bond donors (Lipinski definition) is 1. The van der Waals surface area contributed by atoms with Gasteiger partial charge in [0.25, 0.3) is 5.91 Å². The molecule has 1 aromatic heterocycles. The van der Waals surface area contributed by atoms with Crippen molar-refractivity contribution in [1.82, 2.24) is 19.7 Å². The molecule has 1 N–H and O–H groups in total. The first-order chi connectivity index (χ1) is 14.2. The minimum Gasteiger partial charge on any atom is -0.497 e. The van der Waals surface area contributed by atoms with Gasteiger partial charge in [0.1, 0.15) is 11.6 Å². The molecule has 29 heavy (non-hydrogen) atoms. The van der Waals surface area contributed by atoms with Crippen molar-refractivity contribution in [2.45, 2.75) is 25.3 Å². The number of likely N-dealkylation sites (tertiary alicyclic amines) is 1. The van der Waals surface area contributed by atoms with Crippen molar-refractivity contribution in [3.05, 3.63) is 82.0 Å². The van der Waals surface area contributed by atoms with Crippen LogP contribution < -0.4 is 10.4 Å². The van der Waals surface area contributed by atoms with Crippen molar-refractivity contribution >= 4 is 5.91 Å². The molecule has 0 spiro atoms. The van der Waals surface area contributed by atoms with E-state index in [1.807, 2.05) is 59.5 Å². The summed E-state index contributed by atoms with van der Waals surface area (Å²) >= 11 is 0. The first-order valence-corrected chi connectivity index (χ1v) is 9.78. The van der Waals surface area contributed by atoms with Crippen molar-refractivity contribution < 1.29 is 9.53 Å². The standard InChI is InChI=1S/C22H24N4O3/c1-29-19-9-7-16(8-10-19)15-26-20(23-24-22(26)28)17-11-13-25(14-12-17)21(27)18-5-3-2-4-6-18/h2-10,17H,11-15H2,1H3,(H,24,28). The Morgan fingerprint density at radius 1 is 1.10 bits per heavy atom. The third-order valence-corrected chi connectivity index (χ3v) is 5.46. The molecule has 2 heterocycles. The topological polar surface area (TPSA) is 80.2 Å². The second-order valence-electron chi connectivity index (χ2n) is 7.25. The first kappa shape index (κ1) is 19.0. The van der Waals surface area contributed by atoms with Gasteiger partial charge in [0, 0.05) is 24.6 Å². The summed E-state index contributed by atoms with van der Waals surface area (Å²) in [6, 6.07) is 17.0. The number of carbonyl (C=O) groups is 1. The van der Waals surface area contributed by atoms with Crippen LogP contribution in [0.5, 0.6) is 5.75 Å². The van der Waals surface area contributed by atoms with Crippen LogP contribution in [0, 0.1) is 0 Å². The molecule has 7 heteroatoms. The van der Waals surface area contributed by atoms with Crippen LogP contribution in [0.15, 0.2) is 59.4 Å². The fourth-order valence-electron chi connectivity index (χ4n) is 3.81. The number of ether oxygens (including phenoxy) is 1. The number of amides is 1. The van der Waals surface area contributed by atoms with Crippen LogP contribution in [0.25, 0.3) is 0 Å². The van der Waals surface area contributed by atoms with Crippen LogP contribution in [-0.2, 0) is 6.54 Å². The number of nitrogens with one attached hydrogen (secondary N) is 1. The Morgan fingerprint density at radius 2 is 1.79 bits per heavy atom. The summed E-state index contributed by atoms with van der Waals surface area (Å²) in [6.45, 7) is 1.77. The van der Waals surface area contributed by atoms with Gasteiger partial charge in [-0.25, -0.2) is 9.89 Å². The molecule has 1 fully saturated rings. The SMILES string of the molecule is COc1ccc(Cn2c(C3CCN(C(=O)c4ccccc4)CC3)n[nH]c2=O)cc1. The molecule has 0 bridgehead atoms. The van der Waals surface area contributed by atoms with Gasteiger partial charge in [0.05, 0.1) is 13.7 Å². The Kier molecular flexibility index (Phi) is 5.46. The lowest BCUT2D eigenvalue weighted by atomic mass is 9.95. The van der Waals surface area contributed by atoms with Crippen molar-refractivity contribution in [3.8, 4) is 5.75 Å². The summed E-state index contributed by atoms with van der Waals surface area (Å²) in [5, 5.41) is 6.88. The molecule has 1 amide bonds. The summed E-state index contributed by atoms with van der Waals surface area (Å²) < 4.78 is 6.88. The quantitative estimate of drug-likeness (QED) is 0.724. The summed E-state index contributed by atoms with van der Waals surface area (Å²) in [5.74, 6) is 1.75. The van der Waals surface area contributed by atoms with E-state index in [2.05, 4.69) is 10.2 Å². The molecule has 0 aliphatic carbocycles. The molecular weight excluding hydrogens is 368 g/mol. The van der Waals surface area contributed by atoms with E-state index in [4.69, 9.17) is 4.74 Å². The molecule has 7 nitrogen and oxygen atoms in total. The van der Waals surface area contributed by atoms with E-state index in [0.29, 0.717) is 25.2 Å². The Hall–Kier alpha value is -3.35. The Labute approximate surface area is 168 Å². The maximum absolute atomic E-state index is 12.6. The molecule has 3 aromatic rings. The van der Waals surface area contributed by atoms with Gasteiger partial charge in [0.15, 0.2) is 0 Å². The van der Waals surface area contributed by atoms with Gasteiger partial charge < -0.3 is 9.64 Å². The highest BCUT2D eigenvalue weighted by Crippen LogP contribution is 2.27. The van der Waals surface area contributed by atoms with Gasteiger partial charge in [-0.2, -0.15) is 5.10 Å². The maximum atomic E-state index is 12.6. The molecule has 1 saturated heterocycles. The Bertz CT molecular complexity index is 1020. The normalized spacial score (nSPS) is 14.7. The lowest BCUT2D eigenvalue weighted by molar-refractivity contribution is 0.0710. The number of aromatic nitrogens is 3. The van der Waals surface area contributed by atoms with E-state index in [9.17, 15) is 9.59 Å².